The van der Waals surface area contributed by atoms with Gasteiger partial charge in [-0.05, 0) is 32.0 Å². The first-order valence-corrected chi connectivity index (χ1v) is 5.61. The van der Waals surface area contributed by atoms with Crippen LogP contribution in [-0.2, 0) is 6.42 Å². The van der Waals surface area contributed by atoms with E-state index in [4.69, 9.17) is 10.00 Å². The minimum atomic E-state index is -0.0811. The van der Waals surface area contributed by atoms with E-state index in [0.717, 1.165) is 37.9 Å². The van der Waals surface area contributed by atoms with E-state index in [1.54, 1.807) is 6.20 Å². The van der Waals surface area contributed by atoms with Crippen LogP contribution in [0.15, 0.2) is 12.3 Å². The van der Waals surface area contributed by atoms with Gasteiger partial charge in [-0.2, -0.15) is 5.26 Å². The maximum atomic E-state index is 8.98. The van der Waals surface area contributed by atoms with E-state index in [1.807, 2.05) is 6.07 Å². The van der Waals surface area contributed by atoms with Crippen molar-refractivity contribution in [2.75, 3.05) is 13.1 Å². The molecule has 0 aromatic carbocycles. The van der Waals surface area contributed by atoms with E-state index in [2.05, 4.69) is 16.4 Å². The van der Waals surface area contributed by atoms with Crippen molar-refractivity contribution in [1.29, 1.82) is 5.26 Å². The van der Waals surface area contributed by atoms with E-state index in [-0.39, 0.29) is 5.60 Å². The zero-order valence-corrected chi connectivity index (χ0v) is 8.99. The van der Waals surface area contributed by atoms with Crippen LogP contribution in [0.1, 0.15) is 24.1 Å². The van der Waals surface area contributed by atoms with Crippen LogP contribution in [0.25, 0.3) is 0 Å². The topological polar surface area (TPSA) is 57.9 Å². The number of ether oxygens (including phenoxy) is 1. The Morgan fingerprint density at radius 1 is 1.44 bits per heavy atom. The molecule has 1 saturated heterocycles. The minimum absolute atomic E-state index is 0.0811. The van der Waals surface area contributed by atoms with Gasteiger partial charge in [0.1, 0.15) is 11.7 Å². The lowest BCUT2D eigenvalue weighted by Crippen LogP contribution is -2.45. The number of nitriles is 1. The number of nitrogens with zero attached hydrogens (tertiary/aromatic N) is 2. The van der Waals surface area contributed by atoms with Gasteiger partial charge < -0.3 is 10.1 Å². The highest BCUT2D eigenvalue weighted by atomic mass is 16.5. The van der Waals surface area contributed by atoms with Gasteiger partial charge in [0.2, 0.25) is 0 Å². The van der Waals surface area contributed by atoms with Gasteiger partial charge in [-0.15, -0.1) is 0 Å². The first-order chi connectivity index (χ1) is 7.83. The van der Waals surface area contributed by atoms with E-state index in [0.29, 0.717) is 11.4 Å². The maximum Gasteiger partial charge on any atom is 0.182 e. The highest BCUT2D eigenvalue weighted by molar-refractivity contribution is 5.47. The number of piperidine rings is 1. The van der Waals surface area contributed by atoms with Gasteiger partial charge in [-0.1, -0.05) is 0 Å². The summed E-state index contributed by atoms with van der Waals surface area (Å²) in [7, 11) is 0. The van der Waals surface area contributed by atoms with Gasteiger partial charge in [0.05, 0.1) is 0 Å². The third-order valence-electron chi connectivity index (χ3n) is 3.44. The smallest absolute Gasteiger partial charge is 0.182 e. The number of rotatable bonds is 0. The predicted octanol–water partition coefficient (Wildman–Crippen LogP) is 1.01. The summed E-state index contributed by atoms with van der Waals surface area (Å²) in [5, 5.41) is 12.3. The predicted molar refractivity (Wildman–Crippen MR) is 58.1 cm³/mol. The highest BCUT2D eigenvalue weighted by Gasteiger charge is 2.41. The highest BCUT2D eigenvalue weighted by Crippen LogP contribution is 2.40. The van der Waals surface area contributed by atoms with Gasteiger partial charge in [0, 0.05) is 18.2 Å². The Morgan fingerprint density at radius 2 is 2.25 bits per heavy atom. The summed E-state index contributed by atoms with van der Waals surface area (Å²) in [5.41, 5.74) is 1.48. The molecular formula is C12H13N3O. The van der Waals surface area contributed by atoms with Crippen molar-refractivity contribution >= 4 is 0 Å². The standard InChI is InChI=1S/C12H13N3O/c13-8-10-11-9(1-4-15-10)7-12(16-11)2-5-14-6-3-12/h1,4,14H,2-3,5-7H2. The van der Waals surface area contributed by atoms with Crippen molar-refractivity contribution < 1.29 is 4.74 Å². The van der Waals surface area contributed by atoms with E-state index in [1.165, 1.54) is 0 Å². The zero-order chi connectivity index (χ0) is 11.0. The van der Waals surface area contributed by atoms with Gasteiger partial charge in [0.25, 0.3) is 0 Å². The van der Waals surface area contributed by atoms with E-state index in [9.17, 15) is 0 Å². The zero-order valence-electron chi connectivity index (χ0n) is 8.99. The molecule has 3 heterocycles. The maximum absolute atomic E-state index is 8.98. The molecule has 1 N–H and O–H groups in total. The molecule has 1 aromatic heterocycles. The molecule has 82 valence electrons. The molecule has 2 aliphatic heterocycles. The summed E-state index contributed by atoms with van der Waals surface area (Å²) in [6.45, 7) is 1.98. The average Bonchev–Trinajstić information content (AvgIpc) is 2.67. The van der Waals surface area contributed by atoms with Crippen molar-refractivity contribution in [3.63, 3.8) is 0 Å². The molecule has 1 spiro atoms. The van der Waals surface area contributed by atoms with E-state index >= 15 is 0 Å². The normalized spacial score (nSPS) is 21.2. The molecule has 0 amide bonds. The van der Waals surface area contributed by atoms with Gasteiger partial charge in [0.15, 0.2) is 11.4 Å². The Hall–Kier alpha value is -1.60. The van der Waals surface area contributed by atoms with Crippen LogP contribution in [0.4, 0.5) is 0 Å². The molecule has 1 fully saturated rings. The number of hydrogen-bond acceptors (Lipinski definition) is 4. The number of pyridine rings is 1. The SMILES string of the molecule is N#Cc1nccc2c1OC1(CCNCC1)C2. The molecule has 0 atom stereocenters. The Bertz CT molecular complexity index is 458. The summed E-state index contributed by atoms with van der Waals surface area (Å²) in [6, 6.07) is 4.06. The molecule has 16 heavy (non-hydrogen) atoms. The molecule has 4 heteroatoms. The van der Waals surface area contributed by atoms with Crippen LogP contribution in [-0.4, -0.2) is 23.7 Å². The van der Waals surface area contributed by atoms with Crippen LogP contribution < -0.4 is 10.1 Å². The summed E-state index contributed by atoms with van der Waals surface area (Å²) in [4.78, 5) is 4.05. The van der Waals surface area contributed by atoms with Crippen LogP contribution in [0.3, 0.4) is 0 Å². The number of fused-ring (bicyclic) bond motifs is 1. The van der Waals surface area contributed by atoms with Crippen molar-refractivity contribution in [3.8, 4) is 11.8 Å². The fraction of sp³-hybridized carbons (Fsp3) is 0.500. The molecule has 0 saturated carbocycles. The van der Waals surface area contributed by atoms with Crippen LogP contribution >= 0.6 is 0 Å². The Labute approximate surface area is 94.2 Å². The largest absolute Gasteiger partial charge is 0.483 e. The minimum Gasteiger partial charge on any atom is -0.483 e. The lowest BCUT2D eigenvalue weighted by molar-refractivity contribution is 0.0595. The summed E-state index contributed by atoms with van der Waals surface area (Å²) in [5.74, 6) is 0.715. The number of nitrogens with one attached hydrogen (secondary N) is 1. The van der Waals surface area contributed by atoms with Crippen molar-refractivity contribution in [1.82, 2.24) is 10.3 Å². The fourth-order valence-corrected chi connectivity index (χ4v) is 2.58. The number of aromatic nitrogens is 1. The van der Waals surface area contributed by atoms with Crippen LogP contribution in [0.5, 0.6) is 5.75 Å². The van der Waals surface area contributed by atoms with E-state index < -0.39 is 0 Å². The number of hydrogen-bond donors (Lipinski definition) is 1. The quantitative estimate of drug-likeness (QED) is 0.701. The summed E-state index contributed by atoms with van der Waals surface area (Å²) >= 11 is 0. The first-order valence-electron chi connectivity index (χ1n) is 5.61. The third-order valence-corrected chi connectivity index (χ3v) is 3.44. The molecule has 0 unspecified atom stereocenters. The lowest BCUT2D eigenvalue weighted by Gasteiger charge is -2.33. The molecule has 1 aromatic rings. The summed E-state index contributed by atoms with van der Waals surface area (Å²) < 4.78 is 6.03. The second-order valence-electron chi connectivity index (χ2n) is 4.47. The van der Waals surface area contributed by atoms with Crippen molar-refractivity contribution in [3.05, 3.63) is 23.5 Å². The van der Waals surface area contributed by atoms with Gasteiger partial charge in [-0.25, -0.2) is 4.98 Å². The molecule has 0 bridgehead atoms. The van der Waals surface area contributed by atoms with Crippen molar-refractivity contribution in [2.45, 2.75) is 24.9 Å². The molecule has 4 nitrogen and oxygen atoms in total. The second-order valence-corrected chi connectivity index (χ2v) is 4.47. The molecular weight excluding hydrogens is 202 g/mol. The van der Waals surface area contributed by atoms with Gasteiger partial charge >= 0.3 is 0 Å². The molecule has 3 rings (SSSR count). The lowest BCUT2D eigenvalue weighted by atomic mass is 9.88. The van der Waals surface area contributed by atoms with Crippen molar-refractivity contribution in [2.24, 2.45) is 0 Å². The van der Waals surface area contributed by atoms with Gasteiger partial charge in [-0.3, -0.25) is 0 Å². The Kier molecular flexibility index (Phi) is 2.08. The average molecular weight is 215 g/mol. The molecule has 0 aliphatic carbocycles. The summed E-state index contributed by atoms with van der Waals surface area (Å²) in [6.07, 6.45) is 4.63. The van der Waals surface area contributed by atoms with Crippen LogP contribution in [0, 0.1) is 11.3 Å². The second kappa shape index (κ2) is 3.46. The monoisotopic (exact) mass is 215 g/mol. The third kappa shape index (κ3) is 1.36. The first kappa shape index (κ1) is 9.61. The molecule has 0 radical (unpaired) electrons. The Morgan fingerprint density at radius 3 is 3.00 bits per heavy atom. The molecule has 2 aliphatic rings. The fourth-order valence-electron chi connectivity index (χ4n) is 2.58. The van der Waals surface area contributed by atoms with Crippen LogP contribution in [0.2, 0.25) is 0 Å². The Balaban J connectivity index is 1.97.